The summed E-state index contributed by atoms with van der Waals surface area (Å²) in [5.74, 6) is -0.609. The predicted octanol–water partition coefficient (Wildman–Crippen LogP) is -0.0234. The molecule has 7 heteroatoms. The Balaban J connectivity index is 2.58. The van der Waals surface area contributed by atoms with Crippen molar-refractivity contribution in [2.75, 3.05) is 45.3 Å². The van der Waals surface area contributed by atoms with Crippen LogP contribution in [0.4, 0.5) is 5.69 Å². The summed E-state index contributed by atoms with van der Waals surface area (Å²) >= 11 is 0. The van der Waals surface area contributed by atoms with Crippen LogP contribution >= 0.6 is 0 Å². The molecule has 0 aliphatic heterocycles. The Kier molecular flexibility index (Phi) is 8.03. The number of hydrogen-bond donors (Lipinski definition) is 3. The van der Waals surface area contributed by atoms with Crippen LogP contribution in [0.25, 0.3) is 0 Å². The zero-order chi connectivity index (χ0) is 15.5. The van der Waals surface area contributed by atoms with E-state index in [2.05, 4.69) is 10.6 Å². The third-order valence-corrected chi connectivity index (χ3v) is 2.54. The van der Waals surface area contributed by atoms with Crippen LogP contribution in [0.3, 0.4) is 0 Å². The summed E-state index contributed by atoms with van der Waals surface area (Å²) in [6.07, 6.45) is 0. The molecule has 0 fully saturated rings. The summed E-state index contributed by atoms with van der Waals surface area (Å²) in [5, 5.41) is 5.31. The zero-order valence-electron chi connectivity index (χ0n) is 12.1. The fraction of sp³-hybridized carbons (Fsp3) is 0.429. The van der Waals surface area contributed by atoms with Crippen LogP contribution in [0.15, 0.2) is 24.3 Å². The van der Waals surface area contributed by atoms with E-state index in [1.807, 2.05) is 0 Å². The number of carbonyl (C=O) groups is 2. The van der Waals surface area contributed by atoms with Crippen molar-refractivity contribution in [2.24, 2.45) is 5.73 Å². The van der Waals surface area contributed by atoms with Gasteiger partial charge in [0.05, 0.1) is 24.5 Å². The lowest BCUT2D eigenvalue weighted by molar-refractivity contribution is -0.121. The lowest BCUT2D eigenvalue weighted by Crippen LogP contribution is -2.30. The third kappa shape index (κ3) is 6.35. The van der Waals surface area contributed by atoms with Gasteiger partial charge in [0.15, 0.2) is 0 Å². The summed E-state index contributed by atoms with van der Waals surface area (Å²) in [4.78, 5) is 23.7. The second-order valence-corrected chi connectivity index (χ2v) is 4.18. The Labute approximate surface area is 123 Å². The smallest absolute Gasteiger partial charge is 0.253 e. The number of ether oxygens (including phenoxy) is 2. The first-order valence-electron chi connectivity index (χ1n) is 6.63. The minimum Gasteiger partial charge on any atom is -0.382 e. The normalized spacial score (nSPS) is 10.2. The van der Waals surface area contributed by atoms with Gasteiger partial charge in [0.2, 0.25) is 5.91 Å². The maximum absolute atomic E-state index is 11.9. The molecule has 0 bridgehead atoms. The molecule has 2 amide bonds. The van der Waals surface area contributed by atoms with Crippen LogP contribution in [0.2, 0.25) is 0 Å². The van der Waals surface area contributed by atoms with E-state index >= 15 is 0 Å². The van der Waals surface area contributed by atoms with E-state index in [4.69, 9.17) is 15.2 Å². The lowest BCUT2D eigenvalue weighted by Gasteiger charge is -2.11. The largest absolute Gasteiger partial charge is 0.382 e. The molecule has 0 heterocycles. The number of hydrogen-bond acceptors (Lipinski definition) is 5. The number of anilines is 1. The standard InChI is InChI=1S/C14H21N3O4/c1-20-8-9-21-10-13(18)17-12-5-3-2-4-11(12)14(19)16-7-6-15/h2-5H,6-10,15H2,1H3,(H,16,19)(H,17,18). The number of methoxy groups -OCH3 is 1. The monoisotopic (exact) mass is 295 g/mol. The highest BCUT2D eigenvalue weighted by Crippen LogP contribution is 2.14. The van der Waals surface area contributed by atoms with Gasteiger partial charge in [-0.15, -0.1) is 0 Å². The van der Waals surface area contributed by atoms with Crippen molar-refractivity contribution in [3.8, 4) is 0 Å². The van der Waals surface area contributed by atoms with Crippen molar-refractivity contribution in [2.45, 2.75) is 0 Å². The van der Waals surface area contributed by atoms with Gasteiger partial charge in [0.25, 0.3) is 5.91 Å². The van der Waals surface area contributed by atoms with Crippen LogP contribution in [0, 0.1) is 0 Å². The van der Waals surface area contributed by atoms with Gasteiger partial charge in [-0.3, -0.25) is 9.59 Å². The highest BCUT2D eigenvalue weighted by atomic mass is 16.5. The number of amides is 2. The van der Waals surface area contributed by atoms with Crippen molar-refractivity contribution < 1.29 is 19.1 Å². The second-order valence-electron chi connectivity index (χ2n) is 4.18. The van der Waals surface area contributed by atoms with E-state index in [0.29, 0.717) is 37.6 Å². The zero-order valence-corrected chi connectivity index (χ0v) is 12.1. The number of para-hydroxylation sites is 1. The molecule has 0 saturated heterocycles. The van der Waals surface area contributed by atoms with Crippen molar-refractivity contribution in [3.63, 3.8) is 0 Å². The van der Waals surface area contributed by atoms with E-state index in [1.165, 1.54) is 0 Å². The van der Waals surface area contributed by atoms with Gasteiger partial charge in [-0.25, -0.2) is 0 Å². The van der Waals surface area contributed by atoms with E-state index in [9.17, 15) is 9.59 Å². The van der Waals surface area contributed by atoms with Gasteiger partial charge in [0, 0.05) is 20.2 Å². The average Bonchev–Trinajstić information content (AvgIpc) is 2.50. The lowest BCUT2D eigenvalue weighted by atomic mass is 10.1. The maximum atomic E-state index is 11.9. The van der Waals surface area contributed by atoms with Crippen molar-refractivity contribution in [1.29, 1.82) is 0 Å². The van der Waals surface area contributed by atoms with Crippen molar-refractivity contribution >= 4 is 17.5 Å². The Hall–Kier alpha value is -1.96. The number of rotatable bonds is 9. The Bertz CT molecular complexity index is 465. The summed E-state index contributed by atoms with van der Waals surface area (Å²) in [5.41, 5.74) is 6.16. The highest BCUT2D eigenvalue weighted by molar-refractivity contribution is 6.03. The van der Waals surface area contributed by atoms with Gasteiger partial charge in [0.1, 0.15) is 6.61 Å². The summed E-state index contributed by atoms with van der Waals surface area (Å²) in [6.45, 7) is 1.39. The topological polar surface area (TPSA) is 103 Å². The minimum atomic E-state index is -0.329. The first-order chi connectivity index (χ1) is 10.2. The summed E-state index contributed by atoms with van der Waals surface area (Å²) < 4.78 is 9.93. The fourth-order valence-electron chi connectivity index (χ4n) is 1.56. The Morgan fingerprint density at radius 2 is 2.00 bits per heavy atom. The predicted molar refractivity (Wildman–Crippen MR) is 79.2 cm³/mol. The van der Waals surface area contributed by atoms with Gasteiger partial charge in [-0.1, -0.05) is 12.1 Å². The molecule has 1 aromatic rings. The molecule has 7 nitrogen and oxygen atoms in total. The van der Waals surface area contributed by atoms with Crippen molar-refractivity contribution in [3.05, 3.63) is 29.8 Å². The van der Waals surface area contributed by atoms with Gasteiger partial charge >= 0.3 is 0 Å². The molecule has 116 valence electrons. The van der Waals surface area contributed by atoms with Gasteiger partial charge in [-0.05, 0) is 12.1 Å². The van der Waals surface area contributed by atoms with E-state index in [-0.39, 0.29) is 18.4 Å². The molecule has 0 unspecified atom stereocenters. The van der Waals surface area contributed by atoms with Crippen molar-refractivity contribution in [1.82, 2.24) is 5.32 Å². The summed E-state index contributed by atoms with van der Waals surface area (Å²) in [7, 11) is 1.56. The molecule has 4 N–H and O–H groups in total. The molecule has 0 spiro atoms. The quantitative estimate of drug-likeness (QED) is 0.555. The van der Waals surface area contributed by atoms with E-state index in [0.717, 1.165) is 0 Å². The maximum Gasteiger partial charge on any atom is 0.253 e. The van der Waals surface area contributed by atoms with Crippen LogP contribution in [0.1, 0.15) is 10.4 Å². The molecule has 1 aromatic carbocycles. The van der Waals surface area contributed by atoms with Crippen LogP contribution in [0.5, 0.6) is 0 Å². The second kappa shape index (κ2) is 9.87. The molecule has 0 aromatic heterocycles. The Morgan fingerprint density at radius 3 is 2.71 bits per heavy atom. The van der Waals surface area contributed by atoms with Gasteiger partial charge < -0.3 is 25.8 Å². The average molecular weight is 295 g/mol. The van der Waals surface area contributed by atoms with Crippen LogP contribution in [-0.4, -0.2) is 51.8 Å². The SMILES string of the molecule is COCCOCC(=O)Nc1ccccc1C(=O)NCCN. The molecular formula is C14H21N3O4. The van der Waals surface area contributed by atoms with Gasteiger partial charge in [-0.2, -0.15) is 0 Å². The number of nitrogens with two attached hydrogens (primary N) is 1. The molecular weight excluding hydrogens is 274 g/mol. The number of benzene rings is 1. The molecule has 0 radical (unpaired) electrons. The minimum absolute atomic E-state index is 0.0951. The van der Waals surface area contributed by atoms with E-state index in [1.54, 1.807) is 31.4 Å². The molecule has 0 atom stereocenters. The highest BCUT2D eigenvalue weighted by Gasteiger charge is 2.12. The first-order valence-corrected chi connectivity index (χ1v) is 6.63. The molecule has 21 heavy (non-hydrogen) atoms. The fourth-order valence-corrected chi connectivity index (χ4v) is 1.56. The Morgan fingerprint density at radius 1 is 1.24 bits per heavy atom. The third-order valence-electron chi connectivity index (χ3n) is 2.54. The first kappa shape index (κ1) is 17.1. The molecule has 0 aliphatic rings. The summed E-state index contributed by atoms with van der Waals surface area (Å²) in [6, 6.07) is 6.75. The molecule has 0 saturated carbocycles. The number of nitrogens with one attached hydrogen (secondary N) is 2. The number of carbonyl (C=O) groups excluding carboxylic acids is 2. The molecule has 0 aliphatic carbocycles. The van der Waals surface area contributed by atoms with Crippen LogP contribution in [-0.2, 0) is 14.3 Å². The van der Waals surface area contributed by atoms with Crippen LogP contribution < -0.4 is 16.4 Å². The van der Waals surface area contributed by atoms with E-state index < -0.39 is 0 Å². The molecule has 1 rings (SSSR count).